The Morgan fingerprint density at radius 3 is 2.50 bits per heavy atom. The number of hydrogen-bond donors (Lipinski definition) is 0. The van der Waals surface area contributed by atoms with E-state index in [1.54, 1.807) is 32.4 Å². The van der Waals surface area contributed by atoms with Crippen LogP contribution in [0.5, 0.6) is 11.5 Å². The number of carbonyl (C=O) groups excluding carboxylic acids is 1. The molecule has 1 aromatic heterocycles. The van der Waals surface area contributed by atoms with Gasteiger partial charge >= 0.3 is 0 Å². The van der Waals surface area contributed by atoms with E-state index in [0.29, 0.717) is 16.4 Å². The van der Waals surface area contributed by atoms with E-state index in [-0.39, 0.29) is 5.78 Å². The van der Waals surface area contributed by atoms with Gasteiger partial charge in [0, 0.05) is 0 Å². The summed E-state index contributed by atoms with van der Waals surface area (Å²) in [6, 6.07) is 9.17. The highest BCUT2D eigenvalue weighted by atomic mass is 79.9. The van der Waals surface area contributed by atoms with Gasteiger partial charge in [0.2, 0.25) is 0 Å². The summed E-state index contributed by atoms with van der Waals surface area (Å²) in [5.41, 5.74) is 0.881. The predicted molar refractivity (Wildman–Crippen MR) is 84.9 cm³/mol. The number of ether oxygens (including phenoxy) is 2. The smallest absolute Gasteiger partial charge is 0.195 e. The number of benzene rings is 1. The summed E-state index contributed by atoms with van der Waals surface area (Å²) >= 11 is 4.76. The SMILES string of the molecule is COc1ccc(/C=C/C(=O)c2ccc(Br)s2)cc1OC. The molecule has 0 N–H and O–H groups in total. The molecule has 0 atom stereocenters. The first kappa shape index (κ1) is 14.8. The van der Waals surface area contributed by atoms with Gasteiger partial charge in [-0.2, -0.15) is 0 Å². The van der Waals surface area contributed by atoms with Crippen molar-refractivity contribution in [2.75, 3.05) is 14.2 Å². The third-order valence-electron chi connectivity index (χ3n) is 2.65. The largest absolute Gasteiger partial charge is 0.493 e. The first-order valence-electron chi connectivity index (χ1n) is 5.84. The van der Waals surface area contributed by atoms with Gasteiger partial charge in [-0.15, -0.1) is 11.3 Å². The maximum absolute atomic E-state index is 12.0. The second-order valence-corrected chi connectivity index (χ2v) is 6.38. The molecule has 2 rings (SSSR count). The fourth-order valence-electron chi connectivity index (χ4n) is 1.66. The van der Waals surface area contributed by atoms with E-state index < -0.39 is 0 Å². The van der Waals surface area contributed by atoms with Gasteiger partial charge in [0.25, 0.3) is 0 Å². The van der Waals surface area contributed by atoms with Crippen LogP contribution in [0, 0.1) is 0 Å². The number of allylic oxidation sites excluding steroid dienone is 1. The number of halogens is 1. The standard InChI is InChI=1S/C15H13BrO3S/c1-18-12-6-4-10(9-13(12)19-2)3-5-11(17)14-7-8-15(16)20-14/h3-9H,1-2H3/b5-3+. The Balaban J connectivity index is 2.17. The summed E-state index contributed by atoms with van der Waals surface area (Å²) in [6.07, 6.45) is 3.32. The van der Waals surface area contributed by atoms with Crippen molar-refractivity contribution < 1.29 is 14.3 Å². The fourth-order valence-corrected chi connectivity index (χ4v) is 2.96. The molecule has 1 heterocycles. The highest BCUT2D eigenvalue weighted by molar-refractivity contribution is 9.11. The van der Waals surface area contributed by atoms with Crippen LogP contribution in [0.4, 0.5) is 0 Å². The summed E-state index contributed by atoms with van der Waals surface area (Å²) in [7, 11) is 3.17. The zero-order valence-electron chi connectivity index (χ0n) is 11.1. The van der Waals surface area contributed by atoms with Crippen LogP contribution < -0.4 is 9.47 Å². The number of methoxy groups -OCH3 is 2. The highest BCUT2D eigenvalue weighted by Crippen LogP contribution is 2.28. The minimum absolute atomic E-state index is 0.0181. The second-order valence-electron chi connectivity index (χ2n) is 3.92. The molecule has 2 aromatic rings. The fraction of sp³-hybridized carbons (Fsp3) is 0.133. The summed E-state index contributed by atoms with van der Waals surface area (Å²) in [4.78, 5) is 12.7. The molecule has 0 aliphatic carbocycles. The third kappa shape index (κ3) is 3.49. The molecule has 0 saturated heterocycles. The van der Waals surface area contributed by atoms with Crippen LogP contribution >= 0.6 is 27.3 Å². The highest BCUT2D eigenvalue weighted by Gasteiger charge is 2.06. The number of hydrogen-bond acceptors (Lipinski definition) is 4. The zero-order valence-corrected chi connectivity index (χ0v) is 13.5. The number of ketones is 1. The molecule has 0 unspecified atom stereocenters. The molecule has 0 saturated carbocycles. The molecule has 0 aliphatic heterocycles. The van der Waals surface area contributed by atoms with Crippen molar-refractivity contribution in [3.05, 3.63) is 50.6 Å². The number of rotatable bonds is 5. The van der Waals surface area contributed by atoms with E-state index in [1.165, 1.54) is 11.3 Å². The maximum atomic E-state index is 12.0. The molecule has 0 aliphatic rings. The third-order valence-corrected chi connectivity index (χ3v) is 4.29. The van der Waals surface area contributed by atoms with E-state index in [2.05, 4.69) is 15.9 Å². The molecular weight excluding hydrogens is 340 g/mol. The van der Waals surface area contributed by atoms with Crippen LogP contribution in [-0.2, 0) is 0 Å². The topological polar surface area (TPSA) is 35.5 Å². The average Bonchev–Trinajstić information content (AvgIpc) is 2.91. The normalized spacial score (nSPS) is 10.8. The van der Waals surface area contributed by atoms with Crippen LogP contribution in [0.2, 0.25) is 0 Å². The van der Waals surface area contributed by atoms with E-state index in [0.717, 1.165) is 9.35 Å². The van der Waals surface area contributed by atoms with Crippen molar-refractivity contribution in [3.8, 4) is 11.5 Å². The number of carbonyl (C=O) groups is 1. The lowest BCUT2D eigenvalue weighted by Crippen LogP contribution is -1.91. The Kier molecular flexibility index (Phi) is 4.98. The van der Waals surface area contributed by atoms with Gasteiger partial charge < -0.3 is 9.47 Å². The van der Waals surface area contributed by atoms with Crippen LogP contribution in [-0.4, -0.2) is 20.0 Å². The monoisotopic (exact) mass is 352 g/mol. The summed E-state index contributed by atoms with van der Waals surface area (Å²) in [5.74, 6) is 1.29. The average molecular weight is 353 g/mol. The molecule has 0 radical (unpaired) electrons. The van der Waals surface area contributed by atoms with Gasteiger partial charge in [-0.25, -0.2) is 0 Å². The van der Waals surface area contributed by atoms with Crippen LogP contribution in [0.3, 0.4) is 0 Å². The van der Waals surface area contributed by atoms with Gasteiger partial charge in [-0.05, 0) is 51.8 Å². The van der Waals surface area contributed by atoms with Gasteiger partial charge in [-0.1, -0.05) is 12.1 Å². The first-order chi connectivity index (χ1) is 9.63. The Morgan fingerprint density at radius 1 is 1.15 bits per heavy atom. The summed E-state index contributed by atoms with van der Waals surface area (Å²) < 4.78 is 11.3. The zero-order chi connectivity index (χ0) is 14.5. The summed E-state index contributed by atoms with van der Waals surface area (Å²) in [5, 5.41) is 0. The quantitative estimate of drug-likeness (QED) is 0.590. The predicted octanol–water partition coefficient (Wildman–Crippen LogP) is 4.42. The van der Waals surface area contributed by atoms with Crippen molar-refractivity contribution >= 4 is 39.1 Å². The molecule has 3 nitrogen and oxygen atoms in total. The minimum atomic E-state index is -0.0181. The molecule has 0 bridgehead atoms. The second kappa shape index (κ2) is 6.72. The van der Waals surface area contributed by atoms with Crippen molar-refractivity contribution in [2.45, 2.75) is 0 Å². The maximum Gasteiger partial charge on any atom is 0.195 e. The van der Waals surface area contributed by atoms with Crippen molar-refractivity contribution in [1.82, 2.24) is 0 Å². The molecule has 0 spiro atoms. The molecule has 20 heavy (non-hydrogen) atoms. The van der Waals surface area contributed by atoms with E-state index in [4.69, 9.17) is 9.47 Å². The molecule has 1 aromatic carbocycles. The Morgan fingerprint density at radius 2 is 1.90 bits per heavy atom. The van der Waals surface area contributed by atoms with Crippen LogP contribution in [0.1, 0.15) is 15.2 Å². The van der Waals surface area contributed by atoms with Crippen molar-refractivity contribution in [1.29, 1.82) is 0 Å². The van der Waals surface area contributed by atoms with Crippen molar-refractivity contribution in [2.24, 2.45) is 0 Å². The van der Waals surface area contributed by atoms with Gasteiger partial charge in [0.15, 0.2) is 17.3 Å². The Labute approximate surface area is 130 Å². The Bertz CT molecular complexity index is 646. The lowest BCUT2D eigenvalue weighted by Gasteiger charge is -2.07. The van der Waals surface area contributed by atoms with E-state index in [1.807, 2.05) is 24.3 Å². The number of thiophene rings is 1. The van der Waals surface area contributed by atoms with Crippen molar-refractivity contribution in [3.63, 3.8) is 0 Å². The van der Waals surface area contributed by atoms with E-state index in [9.17, 15) is 4.79 Å². The minimum Gasteiger partial charge on any atom is -0.493 e. The molecular formula is C15H13BrO3S. The first-order valence-corrected chi connectivity index (χ1v) is 7.44. The van der Waals surface area contributed by atoms with Gasteiger partial charge in [0.05, 0.1) is 22.9 Å². The van der Waals surface area contributed by atoms with Crippen LogP contribution in [0.15, 0.2) is 40.2 Å². The lowest BCUT2D eigenvalue weighted by molar-refractivity contribution is 0.105. The van der Waals surface area contributed by atoms with E-state index >= 15 is 0 Å². The molecule has 0 fully saturated rings. The van der Waals surface area contributed by atoms with Crippen LogP contribution in [0.25, 0.3) is 6.08 Å². The Hall–Kier alpha value is -1.59. The molecule has 5 heteroatoms. The molecule has 104 valence electrons. The molecule has 0 amide bonds. The van der Waals surface area contributed by atoms with Gasteiger partial charge in [0.1, 0.15) is 0 Å². The summed E-state index contributed by atoms with van der Waals surface area (Å²) in [6.45, 7) is 0. The lowest BCUT2D eigenvalue weighted by atomic mass is 10.1. The van der Waals surface area contributed by atoms with Gasteiger partial charge in [-0.3, -0.25) is 4.79 Å².